The number of hydrogen-bond acceptors (Lipinski definition) is 1. The van der Waals surface area contributed by atoms with Crippen LogP contribution >= 0.6 is 0 Å². The first-order valence-corrected chi connectivity index (χ1v) is 4.78. The van der Waals surface area contributed by atoms with Crippen LogP contribution in [0, 0.1) is 0 Å². The van der Waals surface area contributed by atoms with Crippen molar-refractivity contribution in [2.75, 3.05) is 0 Å². The Hall–Kier alpha value is -1.63. The summed E-state index contributed by atoms with van der Waals surface area (Å²) < 4.78 is 0. The Kier molecular flexibility index (Phi) is 4.42. The maximum atomic E-state index is 4.20. The van der Waals surface area contributed by atoms with Crippen molar-refractivity contribution >= 4 is 5.57 Å². The zero-order chi connectivity index (χ0) is 10.2. The first kappa shape index (κ1) is 10.5. The van der Waals surface area contributed by atoms with Crippen molar-refractivity contribution in [3.8, 4) is 0 Å². The summed E-state index contributed by atoms with van der Waals surface area (Å²) in [5.41, 5.74) is 1.86. The average Bonchev–Trinajstić information content (AvgIpc) is 2.25. The minimum atomic E-state index is 0.925. The van der Waals surface area contributed by atoms with E-state index in [0.29, 0.717) is 0 Å². The predicted octanol–water partition coefficient (Wildman–Crippen LogP) is 3.62. The summed E-state index contributed by atoms with van der Waals surface area (Å²) in [6.45, 7) is 6.05. The second-order valence-corrected chi connectivity index (χ2v) is 2.94. The minimum absolute atomic E-state index is 0.925. The molecule has 0 saturated carbocycles. The van der Waals surface area contributed by atoms with Gasteiger partial charge in [0, 0.05) is 6.20 Å². The van der Waals surface area contributed by atoms with Gasteiger partial charge in [0.25, 0.3) is 0 Å². The summed E-state index contributed by atoms with van der Waals surface area (Å²) in [5.74, 6) is 0. The van der Waals surface area contributed by atoms with Crippen LogP contribution < -0.4 is 0 Å². The van der Waals surface area contributed by atoms with E-state index in [0.717, 1.165) is 17.7 Å². The molecule has 1 heterocycles. The molecule has 1 aromatic rings. The predicted molar refractivity (Wildman–Crippen MR) is 61.8 cm³/mol. The van der Waals surface area contributed by atoms with Crippen LogP contribution in [0.15, 0.2) is 55.3 Å². The molecule has 0 aliphatic carbocycles. The molecule has 14 heavy (non-hydrogen) atoms. The molecule has 0 fully saturated rings. The van der Waals surface area contributed by atoms with Crippen LogP contribution in [0.2, 0.25) is 0 Å². The Morgan fingerprint density at radius 1 is 1.43 bits per heavy atom. The lowest BCUT2D eigenvalue weighted by Gasteiger charge is -1.96. The number of allylic oxidation sites excluding steroid dienone is 5. The fourth-order valence-electron chi connectivity index (χ4n) is 1.02. The largest absolute Gasteiger partial charge is 0.256 e. The van der Waals surface area contributed by atoms with E-state index in [4.69, 9.17) is 0 Å². The third-order valence-corrected chi connectivity index (χ3v) is 1.77. The second kappa shape index (κ2) is 5.92. The van der Waals surface area contributed by atoms with Gasteiger partial charge in [-0.1, -0.05) is 43.9 Å². The summed E-state index contributed by atoms with van der Waals surface area (Å²) in [6.07, 6.45) is 10.9. The van der Waals surface area contributed by atoms with E-state index in [9.17, 15) is 0 Å². The van der Waals surface area contributed by atoms with Gasteiger partial charge >= 0.3 is 0 Å². The summed E-state index contributed by atoms with van der Waals surface area (Å²) in [7, 11) is 0. The van der Waals surface area contributed by atoms with Gasteiger partial charge in [0.1, 0.15) is 0 Å². The zero-order valence-electron chi connectivity index (χ0n) is 8.48. The van der Waals surface area contributed by atoms with Crippen LogP contribution in [-0.2, 0) is 0 Å². The normalized spacial score (nSPS) is 11.2. The Morgan fingerprint density at radius 2 is 2.29 bits per heavy atom. The van der Waals surface area contributed by atoms with E-state index < -0.39 is 0 Å². The van der Waals surface area contributed by atoms with Gasteiger partial charge in [-0.25, -0.2) is 0 Å². The van der Waals surface area contributed by atoms with Gasteiger partial charge in [-0.3, -0.25) is 4.98 Å². The monoisotopic (exact) mass is 185 g/mol. The Morgan fingerprint density at radius 3 is 2.93 bits per heavy atom. The second-order valence-electron chi connectivity index (χ2n) is 2.94. The lowest BCUT2D eigenvalue weighted by molar-refractivity contribution is 1.22. The molecular formula is C13H15N. The first-order chi connectivity index (χ1) is 6.84. The van der Waals surface area contributed by atoms with E-state index in [-0.39, 0.29) is 0 Å². The van der Waals surface area contributed by atoms with Gasteiger partial charge in [-0.15, -0.1) is 0 Å². The fourth-order valence-corrected chi connectivity index (χ4v) is 1.02. The summed E-state index contributed by atoms with van der Waals surface area (Å²) >= 11 is 0. The molecule has 0 aliphatic rings. The topological polar surface area (TPSA) is 12.9 Å². The molecule has 1 heteroatoms. The van der Waals surface area contributed by atoms with Crippen molar-refractivity contribution in [1.29, 1.82) is 0 Å². The van der Waals surface area contributed by atoms with E-state index in [1.54, 1.807) is 6.20 Å². The van der Waals surface area contributed by atoms with Gasteiger partial charge in [-0.2, -0.15) is 0 Å². The molecule has 1 rings (SSSR count). The van der Waals surface area contributed by atoms with Gasteiger partial charge in [0.05, 0.1) is 5.69 Å². The van der Waals surface area contributed by atoms with E-state index in [1.165, 1.54) is 0 Å². The smallest absolute Gasteiger partial charge is 0.0695 e. The third-order valence-electron chi connectivity index (χ3n) is 1.77. The maximum Gasteiger partial charge on any atom is 0.0695 e. The summed E-state index contributed by atoms with van der Waals surface area (Å²) in [6, 6.07) is 5.82. The lowest BCUT2D eigenvalue weighted by Crippen LogP contribution is -1.82. The van der Waals surface area contributed by atoms with Gasteiger partial charge in [-0.05, 0) is 24.1 Å². The molecule has 0 unspecified atom stereocenters. The summed E-state index contributed by atoms with van der Waals surface area (Å²) in [4.78, 5) is 4.20. The van der Waals surface area contributed by atoms with Crippen molar-refractivity contribution in [3.05, 3.63) is 61.0 Å². The molecule has 0 atom stereocenters. The van der Waals surface area contributed by atoms with Crippen molar-refractivity contribution in [3.63, 3.8) is 0 Å². The lowest BCUT2D eigenvalue weighted by atomic mass is 10.2. The number of aromatic nitrogens is 1. The standard InChI is InChI=1S/C13H15N/c1-3-4-5-6-9-12(2)13-10-7-8-11-14-13/h4-11H,2-3H2,1H3/b5-4-,9-6-. The van der Waals surface area contributed by atoms with E-state index in [1.807, 2.05) is 36.4 Å². The molecule has 0 aromatic carbocycles. The van der Waals surface area contributed by atoms with Gasteiger partial charge < -0.3 is 0 Å². The molecule has 1 aromatic heterocycles. The van der Waals surface area contributed by atoms with Crippen LogP contribution in [0.1, 0.15) is 19.0 Å². The molecule has 0 aliphatic heterocycles. The van der Waals surface area contributed by atoms with Crippen molar-refractivity contribution in [2.24, 2.45) is 0 Å². The van der Waals surface area contributed by atoms with E-state index in [2.05, 4.69) is 24.6 Å². The highest BCUT2D eigenvalue weighted by Gasteiger charge is 1.92. The van der Waals surface area contributed by atoms with Crippen molar-refractivity contribution < 1.29 is 0 Å². The van der Waals surface area contributed by atoms with Crippen molar-refractivity contribution in [1.82, 2.24) is 4.98 Å². The van der Waals surface area contributed by atoms with Gasteiger partial charge in [0.15, 0.2) is 0 Å². The molecule has 0 bridgehead atoms. The summed E-state index contributed by atoms with van der Waals surface area (Å²) in [5, 5.41) is 0. The molecule has 0 radical (unpaired) electrons. The number of nitrogens with zero attached hydrogens (tertiary/aromatic N) is 1. The van der Waals surface area contributed by atoms with E-state index >= 15 is 0 Å². The fraction of sp³-hybridized carbons (Fsp3) is 0.154. The number of pyridine rings is 1. The van der Waals surface area contributed by atoms with Crippen LogP contribution in [-0.4, -0.2) is 4.98 Å². The van der Waals surface area contributed by atoms with Gasteiger partial charge in [0.2, 0.25) is 0 Å². The van der Waals surface area contributed by atoms with Crippen LogP contribution in [0.4, 0.5) is 0 Å². The molecule has 0 saturated heterocycles. The first-order valence-electron chi connectivity index (χ1n) is 4.78. The van der Waals surface area contributed by atoms with Crippen LogP contribution in [0.5, 0.6) is 0 Å². The minimum Gasteiger partial charge on any atom is -0.256 e. The average molecular weight is 185 g/mol. The van der Waals surface area contributed by atoms with Crippen LogP contribution in [0.25, 0.3) is 5.57 Å². The third kappa shape index (κ3) is 3.40. The highest BCUT2D eigenvalue weighted by atomic mass is 14.7. The van der Waals surface area contributed by atoms with Crippen molar-refractivity contribution in [2.45, 2.75) is 13.3 Å². The molecule has 72 valence electrons. The highest BCUT2D eigenvalue weighted by molar-refractivity contribution is 5.69. The Bertz CT molecular complexity index is 334. The SMILES string of the molecule is C=C(/C=C\C=C/CC)c1ccccn1. The number of rotatable bonds is 4. The van der Waals surface area contributed by atoms with Crippen LogP contribution in [0.3, 0.4) is 0 Å². The molecule has 0 amide bonds. The Balaban J connectivity index is 2.59. The molecule has 1 nitrogen and oxygen atoms in total. The molecular weight excluding hydrogens is 170 g/mol. The molecule has 0 N–H and O–H groups in total. The Labute approximate surface area is 85.5 Å². The molecule has 0 spiro atoms. The highest BCUT2D eigenvalue weighted by Crippen LogP contribution is 2.09. The maximum absolute atomic E-state index is 4.20. The quantitative estimate of drug-likeness (QED) is 0.653. The zero-order valence-corrected chi connectivity index (χ0v) is 8.48. The number of hydrogen-bond donors (Lipinski definition) is 0.